The van der Waals surface area contributed by atoms with Crippen molar-refractivity contribution in [2.75, 3.05) is 25.5 Å². The van der Waals surface area contributed by atoms with Crippen LogP contribution in [0.3, 0.4) is 0 Å². The molecule has 5 heterocycles. The van der Waals surface area contributed by atoms with Gasteiger partial charge in [0, 0.05) is 36.9 Å². The number of anilines is 1. The zero-order chi connectivity index (χ0) is 17.2. The van der Waals surface area contributed by atoms with E-state index in [1.807, 2.05) is 23.3 Å². The van der Waals surface area contributed by atoms with Crippen molar-refractivity contribution in [3.63, 3.8) is 0 Å². The lowest BCUT2D eigenvalue weighted by molar-refractivity contribution is -0.127. The minimum absolute atomic E-state index is 0.0597. The third-order valence-corrected chi connectivity index (χ3v) is 5.91. The summed E-state index contributed by atoms with van der Waals surface area (Å²) < 4.78 is 1.93. The van der Waals surface area contributed by atoms with Gasteiger partial charge in [-0.05, 0) is 32.4 Å². The lowest BCUT2D eigenvalue weighted by Gasteiger charge is -2.49. The number of aromatic nitrogens is 4. The molecule has 0 radical (unpaired) electrons. The maximum Gasteiger partial charge on any atom is 0.230 e. The first kappa shape index (κ1) is 16.6. The summed E-state index contributed by atoms with van der Waals surface area (Å²) in [6.07, 6.45) is 5.85. The number of nitrogens with zero attached hydrogens (tertiary/aromatic N) is 5. The van der Waals surface area contributed by atoms with Gasteiger partial charge >= 0.3 is 0 Å². The van der Waals surface area contributed by atoms with Gasteiger partial charge in [-0.25, -0.2) is 4.98 Å². The Bertz CT molecular complexity index is 716. The summed E-state index contributed by atoms with van der Waals surface area (Å²) in [7, 11) is 1.90. The molecule has 3 saturated heterocycles. The smallest absolute Gasteiger partial charge is 0.230 e. The normalized spacial score (nSPS) is 28.2. The molecule has 5 rings (SSSR count). The van der Waals surface area contributed by atoms with Crippen molar-refractivity contribution in [2.24, 2.45) is 11.8 Å². The van der Waals surface area contributed by atoms with Gasteiger partial charge in [-0.1, -0.05) is 5.21 Å². The van der Waals surface area contributed by atoms with Crippen LogP contribution in [0.5, 0.6) is 0 Å². The molecule has 3 aliphatic heterocycles. The number of nitrogens with one attached hydrogen (secondary N) is 2. The number of piperidine rings is 3. The Morgan fingerprint density at radius 1 is 1.48 bits per heavy atom. The first-order valence-corrected chi connectivity index (χ1v) is 9.59. The lowest BCUT2D eigenvalue weighted by Crippen LogP contribution is -2.57. The number of carbonyl (C=O) groups excluding carboxylic acids is 1. The summed E-state index contributed by atoms with van der Waals surface area (Å²) in [5.74, 6) is 0.611. The van der Waals surface area contributed by atoms with Gasteiger partial charge in [0.05, 0.1) is 18.2 Å². The lowest BCUT2D eigenvalue weighted by atomic mass is 9.75. The van der Waals surface area contributed by atoms with E-state index in [0.29, 0.717) is 17.1 Å². The molecule has 9 heteroatoms. The third kappa shape index (κ3) is 3.58. The molecule has 3 aliphatic rings. The highest BCUT2D eigenvalue weighted by Crippen LogP contribution is 2.37. The molecule has 1 amide bonds. The number of fused-ring (bicyclic) bond motifs is 3. The van der Waals surface area contributed by atoms with Gasteiger partial charge in [-0.15, -0.1) is 16.4 Å². The fourth-order valence-electron chi connectivity index (χ4n) is 4.01. The van der Waals surface area contributed by atoms with Crippen LogP contribution in [0, 0.1) is 11.8 Å². The van der Waals surface area contributed by atoms with Crippen LogP contribution in [0.25, 0.3) is 0 Å². The Kier molecular flexibility index (Phi) is 4.78. The zero-order valence-electron chi connectivity index (χ0n) is 14.3. The van der Waals surface area contributed by atoms with Crippen LogP contribution in [0.1, 0.15) is 18.5 Å². The topological polar surface area (TPSA) is 88.0 Å². The predicted molar refractivity (Wildman–Crippen MR) is 95.1 cm³/mol. The van der Waals surface area contributed by atoms with Crippen LogP contribution in [0.2, 0.25) is 0 Å². The first-order valence-electron chi connectivity index (χ1n) is 8.71. The minimum atomic E-state index is 0.0597. The molecule has 0 spiro atoms. The van der Waals surface area contributed by atoms with Crippen molar-refractivity contribution >= 4 is 22.4 Å². The van der Waals surface area contributed by atoms with Crippen molar-refractivity contribution in [3.8, 4) is 0 Å². The summed E-state index contributed by atoms with van der Waals surface area (Å²) in [4.78, 5) is 19.2. The number of amides is 1. The number of hydrogen-bond donors (Lipinski definition) is 2. The molecule has 4 atom stereocenters. The monoisotopic (exact) mass is 361 g/mol. The Morgan fingerprint density at radius 3 is 3.12 bits per heavy atom. The molecule has 2 aromatic heterocycles. The predicted octanol–water partition coefficient (Wildman–Crippen LogP) is 0.803. The standard InChI is InChI=1S/C16H23N7OS/c1-17-7-12-8-23(21-20-12)9-13-6-11-2-4-22(13)10-14(11)15(24)19-16-18-3-5-25-16/h3,5,8,11,13-14,17H,2,4,6-7,9-10H2,1H3,(H,18,19,24). The van der Waals surface area contributed by atoms with E-state index in [2.05, 4.69) is 30.8 Å². The van der Waals surface area contributed by atoms with Crippen molar-refractivity contribution < 1.29 is 4.79 Å². The van der Waals surface area contributed by atoms with Crippen LogP contribution in [-0.2, 0) is 17.9 Å². The van der Waals surface area contributed by atoms with Crippen molar-refractivity contribution in [1.82, 2.24) is 30.2 Å². The molecule has 8 nitrogen and oxygen atoms in total. The zero-order valence-corrected chi connectivity index (χ0v) is 15.1. The Labute approximate surface area is 150 Å². The largest absolute Gasteiger partial charge is 0.314 e. The van der Waals surface area contributed by atoms with Crippen molar-refractivity contribution in [1.29, 1.82) is 0 Å². The molecule has 0 saturated carbocycles. The van der Waals surface area contributed by atoms with E-state index in [-0.39, 0.29) is 11.8 Å². The summed E-state index contributed by atoms with van der Waals surface area (Å²) in [5, 5.41) is 17.0. The Balaban J connectivity index is 1.37. The van der Waals surface area contributed by atoms with E-state index in [0.717, 1.165) is 44.7 Å². The van der Waals surface area contributed by atoms with E-state index in [4.69, 9.17) is 0 Å². The van der Waals surface area contributed by atoms with Gasteiger partial charge in [0.2, 0.25) is 5.91 Å². The molecule has 2 bridgehead atoms. The summed E-state index contributed by atoms with van der Waals surface area (Å²) in [6.45, 7) is 3.46. The Hall–Kier alpha value is -1.84. The highest BCUT2D eigenvalue weighted by atomic mass is 32.1. The highest BCUT2D eigenvalue weighted by molar-refractivity contribution is 7.13. The van der Waals surface area contributed by atoms with Crippen LogP contribution < -0.4 is 10.6 Å². The average Bonchev–Trinajstić information content (AvgIpc) is 3.28. The Morgan fingerprint density at radius 2 is 2.40 bits per heavy atom. The molecule has 0 aliphatic carbocycles. The summed E-state index contributed by atoms with van der Waals surface area (Å²) >= 11 is 1.46. The van der Waals surface area contributed by atoms with Gasteiger partial charge in [0.15, 0.2) is 5.13 Å². The van der Waals surface area contributed by atoms with Gasteiger partial charge < -0.3 is 10.6 Å². The number of thiazole rings is 1. The molecule has 134 valence electrons. The fraction of sp³-hybridized carbons (Fsp3) is 0.625. The van der Waals surface area contributed by atoms with Crippen molar-refractivity contribution in [2.45, 2.75) is 32.0 Å². The second-order valence-corrected chi connectivity index (χ2v) is 7.72. The van der Waals surface area contributed by atoms with E-state index in [9.17, 15) is 4.79 Å². The van der Waals surface area contributed by atoms with E-state index in [1.54, 1.807) is 6.20 Å². The molecular formula is C16H23N7OS. The number of rotatable bonds is 6. The fourth-order valence-corrected chi connectivity index (χ4v) is 4.55. The van der Waals surface area contributed by atoms with Gasteiger partial charge in [0.25, 0.3) is 0 Å². The molecule has 2 N–H and O–H groups in total. The first-order chi connectivity index (χ1) is 12.2. The van der Waals surface area contributed by atoms with Crippen molar-refractivity contribution in [3.05, 3.63) is 23.5 Å². The summed E-state index contributed by atoms with van der Waals surface area (Å²) in [6, 6.07) is 0.437. The quantitative estimate of drug-likeness (QED) is 0.791. The maximum absolute atomic E-state index is 12.6. The number of carbonyl (C=O) groups is 1. The minimum Gasteiger partial charge on any atom is -0.314 e. The number of hydrogen-bond acceptors (Lipinski definition) is 7. The van der Waals surface area contributed by atoms with E-state index >= 15 is 0 Å². The molecule has 25 heavy (non-hydrogen) atoms. The van der Waals surface area contributed by atoms with Crippen LogP contribution in [0.15, 0.2) is 17.8 Å². The highest BCUT2D eigenvalue weighted by Gasteiger charge is 2.43. The van der Waals surface area contributed by atoms with Crippen LogP contribution in [-0.4, -0.2) is 57.0 Å². The molecule has 3 fully saturated rings. The second-order valence-electron chi connectivity index (χ2n) is 6.83. The molecule has 4 unspecified atom stereocenters. The van der Waals surface area contributed by atoms with Gasteiger partial charge in [-0.3, -0.25) is 14.4 Å². The SMILES string of the molecule is CNCc1cn(CC2CC3CCN2CC3C(=O)Nc2nccs2)nn1. The van der Waals surface area contributed by atoms with Crippen LogP contribution in [0.4, 0.5) is 5.13 Å². The molecular weight excluding hydrogens is 338 g/mol. The third-order valence-electron chi connectivity index (χ3n) is 5.22. The summed E-state index contributed by atoms with van der Waals surface area (Å²) in [5.41, 5.74) is 0.958. The average molecular weight is 361 g/mol. The van der Waals surface area contributed by atoms with E-state index in [1.165, 1.54) is 11.3 Å². The van der Waals surface area contributed by atoms with Gasteiger partial charge in [0.1, 0.15) is 0 Å². The molecule has 2 aromatic rings. The van der Waals surface area contributed by atoms with Crippen LogP contribution >= 0.6 is 11.3 Å². The van der Waals surface area contributed by atoms with Gasteiger partial charge in [-0.2, -0.15) is 0 Å². The molecule has 0 aromatic carbocycles. The maximum atomic E-state index is 12.6. The second kappa shape index (κ2) is 7.19. The van der Waals surface area contributed by atoms with E-state index < -0.39 is 0 Å².